The van der Waals surface area contributed by atoms with Crippen LogP contribution in [0, 0.1) is 12.3 Å². The molecular formula is C33H35NO. The highest BCUT2D eigenvalue weighted by atomic mass is 16.3. The van der Waals surface area contributed by atoms with Crippen LogP contribution >= 0.6 is 0 Å². The van der Waals surface area contributed by atoms with Gasteiger partial charge in [0, 0.05) is 35.1 Å². The lowest BCUT2D eigenvalue weighted by Gasteiger charge is -2.22. The number of aromatic nitrogens is 1. The van der Waals surface area contributed by atoms with E-state index in [9.17, 15) is 0 Å². The monoisotopic (exact) mass is 466 g/mol. The second kappa shape index (κ2) is 8.37. The Morgan fingerprint density at radius 2 is 1.66 bits per heavy atom. The zero-order chi connectivity index (χ0) is 29.3. The van der Waals surface area contributed by atoms with Gasteiger partial charge in [-0.2, -0.15) is 0 Å². The van der Waals surface area contributed by atoms with Gasteiger partial charge in [-0.05, 0) is 76.3 Å². The van der Waals surface area contributed by atoms with Crippen molar-refractivity contribution in [3.8, 4) is 22.6 Å². The molecule has 0 aliphatic carbocycles. The lowest BCUT2D eigenvalue weighted by molar-refractivity contribution is 0.411. The van der Waals surface area contributed by atoms with Crippen molar-refractivity contribution in [3.63, 3.8) is 0 Å². The number of hydrogen-bond donors (Lipinski definition) is 0. The summed E-state index contributed by atoms with van der Waals surface area (Å²) in [7, 11) is 0. The van der Waals surface area contributed by atoms with E-state index in [1.54, 1.807) is 30.5 Å². The lowest BCUT2D eigenvalue weighted by Crippen LogP contribution is -2.12. The fourth-order valence-corrected chi connectivity index (χ4v) is 4.62. The summed E-state index contributed by atoms with van der Waals surface area (Å²) in [6, 6.07) is 21.2. The van der Waals surface area contributed by atoms with Crippen molar-refractivity contribution in [1.29, 1.82) is 0 Å². The third-order valence-corrected chi connectivity index (χ3v) is 6.20. The summed E-state index contributed by atoms with van der Waals surface area (Å²) < 4.78 is 48.6. The molecule has 0 aliphatic rings. The van der Waals surface area contributed by atoms with E-state index >= 15 is 0 Å². The molecular weight excluding hydrogens is 426 g/mol. The summed E-state index contributed by atoms with van der Waals surface area (Å²) in [6.45, 7) is 9.66. The topological polar surface area (TPSA) is 26.0 Å². The van der Waals surface area contributed by atoms with Gasteiger partial charge < -0.3 is 4.42 Å². The molecule has 0 fully saturated rings. The van der Waals surface area contributed by atoms with Gasteiger partial charge in [-0.15, -0.1) is 0 Å². The SMILES string of the molecule is [2H]C([2H])([2H])c1c(-c2ccnc(-c3cc(C(C)(C)C)c4ccccc4c3)c2)oc2cc(C([2H])([2H])C(C)(C)C)ccc12. The van der Waals surface area contributed by atoms with Crippen LogP contribution in [0.5, 0.6) is 0 Å². The molecule has 0 unspecified atom stereocenters. The summed E-state index contributed by atoms with van der Waals surface area (Å²) >= 11 is 0. The van der Waals surface area contributed by atoms with Gasteiger partial charge in [0.05, 0.1) is 5.69 Å². The summed E-state index contributed by atoms with van der Waals surface area (Å²) in [4.78, 5) is 4.65. The molecule has 5 aromatic rings. The lowest BCUT2D eigenvalue weighted by atomic mass is 9.82. The van der Waals surface area contributed by atoms with E-state index in [4.69, 9.17) is 11.3 Å². The Hall–Kier alpha value is -3.39. The maximum absolute atomic E-state index is 8.69. The number of pyridine rings is 1. The maximum Gasteiger partial charge on any atom is 0.138 e. The van der Waals surface area contributed by atoms with Crippen molar-refractivity contribution in [2.24, 2.45) is 5.41 Å². The maximum atomic E-state index is 8.69. The number of rotatable bonds is 3. The molecule has 2 aromatic heterocycles. The van der Waals surface area contributed by atoms with Gasteiger partial charge in [-0.3, -0.25) is 4.98 Å². The minimum atomic E-state index is -2.43. The third-order valence-electron chi connectivity index (χ3n) is 6.20. The first-order chi connectivity index (χ1) is 18.5. The first-order valence-corrected chi connectivity index (χ1v) is 12.1. The number of furan rings is 1. The Morgan fingerprint density at radius 1 is 0.857 bits per heavy atom. The average molecular weight is 467 g/mol. The molecule has 35 heavy (non-hydrogen) atoms. The Balaban J connectivity index is 1.70. The van der Waals surface area contributed by atoms with E-state index in [1.807, 2.05) is 39.0 Å². The molecule has 0 atom stereocenters. The van der Waals surface area contributed by atoms with E-state index in [-0.39, 0.29) is 16.7 Å². The molecule has 0 aliphatic heterocycles. The van der Waals surface area contributed by atoms with E-state index < -0.39 is 18.6 Å². The molecule has 3 aromatic carbocycles. The minimum Gasteiger partial charge on any atom is -0.456 e. The van der Waals surface area contributed by atoms with Crippen LogP contribution in [-0.4, -0.2) is 4.98 Å². The molecule has 0 saturated heterocycles. The standard InChI is InChI=1S/C33H35NO/c1-21-26-13-12-22(20-32(2,3)4)16-30(26)35-31(21)24-14-15-34-29(19-24)25-17-23-10-8-9-11-27(23)28(18-25)33(5,6)7/h8-19H,20H2,1-7H3/i1D3,20D2. The van der Waals surface area contributed by atoms with Crippen molar-refractivity contribution >= 4 is 21.7 Å². The van der Waals surface area contributed by atoms with Gasteiger partial charge >= 0.3 is 0 Å². The van der Waals surface area contributed by atoms with Crippen LogP contribution in [0.15, 0.2) is 77.3 Å². The molecule has 0 N–H and O–H groups in total. The first-order valence-electron chi connectivity index (χ1n) is 14.6. The van der Waals surface area contributed by atoms with Crippen molar-refractivity contribution in [3.05, 3.63) is 89.6 Å². The van der Waals surface area contributed by atoms with E-state index in [0.29, 0.717) is 22.1 Å². The summed E-state index contributed by atoms with van der Waals surface area (Å²) in [5.74, 6) is 0.254. The zero-order valence-electron chi connectivity index (χ0n) is 26.3. The molecule has 5 rings (SSSR count). The van der Waals surface area contributed by atoms with Crippen molar-refractivity contribution in [1.82, 2.24) is 4.98 Å². The summed E-state index contributed by atoms with van der Waals surface area (Å²) in [6.07, 6.45) is 0.0374. The van der Waals surface area contributed by atoms with E-state index in [2.05, 4.69) is 50.0 Å². The molecule has 0 spiro atoms. The normalized spacial score (nSPS) is 15.4. The van der Waals surface area contributed by atoms with Crippen LogP contribution < -0.4 is 0 Å². The minimum absolute atomic E-state index is 0.0872. The second-order valence-corrected chi connectivity index (χ2v) is 11.3. The number of aryl methyl sites for hydroxylation is 1. The van der Waals surface area contributed by atoms with Crippen LogP contribution in [0.3, 0.4) is 0 Å². The van der Waals surface area contributed by atoms with E-state index in [1.165, 1.54) is 10.9 Å². The Morgan fingerprint density at radius 3 is 2.40 bits per heavy atom. The fourth-order valence-electron chi connectivity index (χ4n) is 4.62. The van der Waals surface area contributed by atoms with Gasteiger partial charge in [0.15, 0.2) is 0 Å². The smallest absolute Gasteiger partial charge is 0.138 e. The van der Waals surface area contributed by atoms with Gasteiger partial charge in [0.1, 0.15) is 11.3 Å². The average Bonchev–Trinajstić information content (AvgIpc) is 3.26. The zero-order valence-corrected chi connectivity index (χ0v) is 21.3. The highest BCUT2D eigenvalue weighted by Gasteiger charge is 2.20. The van der Waals surface area contributed by atoms with Crippen LogP contribution in [0.2, 0.25) is 0 Å². The van der Waals surface area contributed by atoms with Gasteiger partial charge in [-0.25, -0.2) is 0 Å². The fraction of sp³-hybridized carbons (Fsp3) is 0.303. The molecule has 2 nitrogen and oxygen atoms in total. The van der Waals surface area contributed by atoms with Gasteiger partial charge in [0.25, 0.3) is 0 Å². The number of benzene rings is 3. The Labute approximate surface area is 216 Å². The first kappa shape index (κ1) is 18.0. The van der Waals surface area contributed by atoms with Crippen molar-refractivity contribution < 1.29 is 11.3 Å². The van der Waals surface area contributed by atoms with Crippen LogP contribution in [0.1, 0.15) is 65.1 Å². The van der Waals surface area contributed by atoms with Crippen LogP contribution in [0.4, 0.5) is 0 Å². The highest BCUT2D eigenvalue weighted by molar-refractivity contribution is 5.92. The van der Waals surface area contributed by atoms with E-state index in [0.717, 1.165) is 16.6 Å². The largest absolute Gasteiger partial charge is 0.456 e. The summed E-state index contributed by atoms with van der Waals surface area (Å²) in [5, 5.41) is 2.77. The number of nitrogens with zero attached hydrogens (tertiary/aromatic N) is 1. The highest BCUT2D eigenvalue weighted by Crippen LogP contribution is 2.38. The molecule has 2 heteroatoms. The van der Waals surface area contributed by atoms with Gasteiger partial charge in [-0.1, -0.05) is 77.9 Å². The molecule has 0 radical (unpaired) electrons. The molecule has 0 amide bonds. The second-order valence-electron chi connectivity index (χ2n) is 11.3. The number of fused-ring (bicyclic) bond motifs is 2. The Kier molecular flexibility index (Phi) is 4.30. The molecule has 2 heterocycles. The predicted molar refractivity (Wildman–Crippen MR) is 149 cm³/mol. The molecule has 0 saturated carbocycles. The Bertz CT molecular complexity index is 1730. The van der Waals surface area contributed by atoms with Crippen molar-refractivity contribution in [2.45, 2.75) is 60.2 Å². The van der Waals surface area contributed by atoms with Gasteiger partial charge in [0.2, 0.25) is 0 Å². The molecule has 178 valence electrons. The van der Waals surface area contributed by atoms with Crippen molar-refractivity contribution in [2.75, 3.05) is 0 Å². The summed E-state index contributed by atoms with van der Waals surface area (Å²) in [5.41, 5.74) is 3.66. The van der Waals surface area contributed by atoms with Crippen LogP contribution in [-0.2, 0) is 11.8 Å². The quantitative estimate of drug-likeness (QED) is 0.264. The molecule has 0 bridgehead atoms. The number of hydrogen-bond acceptors (Lipinski definition) is 2. The van der Waals surface area contributed by atoms with Crippen LogP contribution in [0.25, 0.3) is 44.3 Å². The predicted octanol–water partition coefficient (Wildman–Crippen LogP) is 9.51. The third kappa shape index (κ3) is 4.62.